The number of rotatable bonds is 3. The van der Waals surface area contributed by atoms with Gasteiger partial charge in [-0.15, -0.1) is 0 Å². The summed E-state index contributed by atoms with van der Waals surface area (Å²) < 4.78 is 10.9. The molecule has 0 bridgehead atoms. The summed E-state index contributed by atoms with van der Waals surface area (Å²) in [6.45, 7) is 2.42. The summed E-state index contributed by atoms with van der Waals surface area (Å²) in [5.41, 5.74) is 0.965. The van der Waals surface area contributed by atoms with Crippen LogP contribution in [0.1, 0.15) is 30.1 Å². The second-order valence-electron chi connectivity index (χ2n) is 4.86. The minimum absolute atomic E-state index is 0.0285. The maximum atomic E-state index is 11.8. The van der Waals surface area contributed by atoms with Crippen molar-refractivity contribution in [3.8, 4) is 11.5 Å². The SMILES string of the molecule is CC(=O)c1cc2c(cc1NC(=O)C1CC1)OCCO2. The molecular weight excluding hydrogens is 246 g/mol. The molecule has 1 aliphatic carbocycles. The quantitative estimate of drug-likeness (QED) is 0.845. The highest BCUT2D eigenvalue weighted by atomic mass is 16.6. The van der Waals surface area contributed by atoms with E-state index < -0.39 is 0 Å². The van der Waals surface area contributed by atoms with Crippen LogP contribution in [-0.4, -0.2) is 24.9 Å². The molecule has 1 aromatic rings. The van der Waals surface area contributed by atoms with Crippen molar-refractivity contribution in [2.45, 2.75) is 19.8 Å². The summed E-state index contributed by atoms with van der Waals surface area (Å²) in [6.07, 6.45) is 1.84. The zero-order chi connectivity index (χ0) is 13.4. The van der Waals surface area contributed by atoms with E-state index in [0.717, 1.165) is 12.8 Å². The number of Topliss-reactive ketones (excluding diaryl/α,β-unsaturated/α-hetero) is 1. The molecule has 0 saturated heterocycles. The zero-order valence-electron chi connectivity index (χ0n) is 10.7. The van der Waals surface area contributed by atoms with E-state index in [0.29, 0.717) is 36.0 Å². The number of anilines is 1. The molecule has 1 aliphatic heterocycles. The van der Waals surface area contributed by atoms with Crippen LogP contribution in [0.2, 0.25) is 0 Å². The number of nitrogens with one attached hydrogen (secondary N) is 1. The van der Waals surface area contributed by atoms with E-state index in [1.54, 1.807) is 12.1 Å². The van der Waals surface area contributed by atoms with Crippen molar-refractivity contribution in [3.05, 3.63) is 17.7 Å². The van der Waals surface area contributed by atoms with E-state index in [1.165, 1.54) is 6.92 Å². The number of benzene rings is 1. The number of ketones is 1. The first-order valence-corrected chi connectivity index (χ1v) is 6.40. The molecule has 0 unspecified atom stereocenters. The average Bonchev–Trinajstić information content (AvgIpc) is 3.22. The van der Waals surface area contributed by atoms with Gasteiger partial charge in [-0.2, -0.15) is 0 Å². The molecule has 1 aromatic carbocycles. The van der Waals surface area contributed by atoms with Gasteiger partial charge in [-0.05, 0) is 25.8 Å². The molecule has 1 saturated carbocycles. The van der Waals surface area contributed by atoms with E-state index in [9.17, 15) is 9.59 Å². The number of ether oxygens (including phenoxy) is 2. The van der Waals surface area contributed by atoms with E-state index in [-0.39, 0.29) is 17.6 Å². The van der Waals surface area contributed by atoms with Gasteiger partial charge in [-0.1, -0.05) is 0 Å². The summed E-state index contributed by atoms with van der Waals surface area (Å²) in [7, 11) is 0. The first-order chi connectivity index (χ1) is 9.15. The molecule has 0 aromatic heterocycles. The molecule has 0 spiro atoms. The highest BCUT2D eigenvalue weighted by Gasteiger charge is 2.30. The van der Waals surface area contributed by atoms with Gasteiger partial charge in [-0.25, -0.2) is 0 Å². The Balaban J connectivity index is 1.95. The largest absolute Gasteiger partial charge is 0.486 e. The van der Waals surface area contributed by atoms with E-state index in [1.807, 2.05) is 0 Å². The molecule has 5 heteroatoms. The predicted octanol–water partition coefficient (Wildman–Crippen LogP) is 2.01. The van der Waals surface area contributed by atoms with Crippen LogP contribution in [-0.2, 0) is 4.79 Å². The van der Waals surface area contributed by atoms with Crippen LogP contribution in [0.5, 0.6) is 11.5 Å². The molecule has 0 atom stereocenters. The molecule has 19 heavy (non-hydrogen) atoms. The Morgan fingerprint density at radius 1 is 1.16 bits per heavy atom. The second-order valence-corrected chi connectivity index (χ2v) is 4.86. The molecule has 5 nitrogen and oxygen atoms in total. The lowest BCUT2D eigenvalue weighted by atomic mass is 10.1. The fourth-order valence-corrected chi connectivity index (χ4v) is 2.06. The molecule has 1 fully saturated rings. The minimum Gasteiger partial charge on any atom is -0.486 e. The van der Waals surface area contributed by atoms with Crippen LogP contribution in [0.25, 0.3) is 0 Å². The maximum Gasteiger partial charge on any atom is 0.227 e. The third-order valence-electron chi connectivity index (χ3n) is 3.27. The van der Waals surface area contributed by atoms with Gasteiger partial charge in [0.25, 0.3) is 0 Å². The van der Waals surface area contributed by atoms with Crippen LogP contribution >= 0.6 is 0 Å². The van der Waals surface area contributed by atoms with Gasteiger partial charge in [0.05, 0.1) is 5.69 Å². The average molecular weight is 261 g/mol. The van der Waals surface area contributed by atoms with Gasteiger partial charge in [0.1, 0.15) is 13.2 Å². The molecule has 1 heterocycles. The van der Waals surface area contributed by atoms with Gasteiger partial charge in [-0.3, -0.25) is 9.59 Å². The number of amides is 1. The van der Waals surface area contributed by atoms with Crippen LogP contribution in [0.4, 0.5) is 5.69 Å². The Bertz CT molecular complexity index is 549. The van der Waals surface area contributed by atoms with E-state index in [4.69, 9.17) is 9.47 Å². The Morgan fingerprint density at radius 3 is 2.37 bits per heavy atom. The van der Waals surface area contributed by atoms with Gasteiger partial charge < -0.3 is 14.8 Å². The summed E-state index contributed by atoms with van der Waals surface area (Å²) in [4.78, 5) is 23.5. The second kappa shape index (κ2) is 4.57. The lowest BCUT2D eigenvalue weighted by Crippen LogP contribution is -2.19. The molecule has 100 valence electrons. The normalized spacial score (nSPS) is 16.9. The lowest BCUT2D eigenvalue weighted by Gasteiger charge is -2.20. The van der Waals surface area contributed by atoms with Crippen LogP contribution < -0.4 is 14.8 Å². The van der Waals surface area contributed by atoms with Crippen molar-refractivity contribution < 1.29 is 19.1 Å². The number of fused-ring (bicyclic) bond motifs is 1. The Morgan fingerprint density at radius 2 is 1.79 bits per heavy atom. The van der Waals surface area contributed by atoms with Crippen molar-refractivity contribution >= 4 is 17.4 Å². The number of carbonyl (C=O) groups is 2. The first-order valence-electron chi connectivity index (χ1n) is 6.40. The molecule has 1 amide bonds. The third-order valence-corrected chi connectivity index (χ3v) is 3.27. The van der Waals surface area contributed by atoms with E-state index >= 15 is 0 Å². The third kappa shape index (κ3) is 2.41. The monoisotopic (exact) mass is 261 g/mol. The molecule has 3 rings (SSSR count). The fraction of sp³-hybridized carbons (Fsp3) is 0.429. The minimum atomic E-state index is -0.108. The Hall–Kier alpha value is -2.04. The van der Waals surface area contributed by atoms with Gasteiger partial charge >= 0.3 is 0 Å². The Kier molecular flexibility index (Phi) is 2.89. The molecular formula is C14H15NO4. The van der Waals surface area contributed by atoms with Gasteiger partial charge in [0.15, 0.2) is 17.3 Å². The van der Waals surface area contributed by atoms with Crippen molar-refractivity contribution in [1.29, 1.82) is 0 Å². The van der Waals surface area contributed by atoms with Crippen LogP contribution in [0, 0.1) is 5.92 Å². The topological polar surface area (TPSA) is 64.6 Å². The molecule has 0 radical (unpaired) electrons. The van der Waals surface area contributed by atoms with E-state index in [2.05, 4.69) is 5.32 Å². The van der Waals surface area contributed by atoms with Crippen molar-refractivity contribution in [1.82, 2.24) is 0 Å². The standard InChI is InChI=1S/C14H15NO4/c1-8(16)10-6-12-13(19-5-4-18-12)7-11(10)15-14(17)9-2-3-9/h6-7,9H,2-5H2,1H3,(H,15,17). The smallest absolute Gasteiger partial charge is 0.227 e. The number of hydrogen-bond donors (Lipinski definition) is 1. The lowest BCUT2D eigenvalue weighted by molar-refractivity contribution is -0.117. The summed E-state index contributed by atoms with van der Waals surface area (Å²) in [5, 5.41) is 2.81. The summed E-state index contributed by atoms with van der Waals surface area (Å²) >= 11 is 0. The number of carbonyl (C=O) groups excluding carboxylic acids is 2. The zero-order valence-corrected chi connectivity index (χ0v) is 10.7. The van der Waals surface area contributed by atoms with Gasteiger partial charge in [0, 0.05) is 17.5 Å². The number of hydrogen-bond acceptors (Lipinski definition) is 4. The highest BCUT2D eigenvalue weighted by Crippen LogP contribution is 2.37. The van der Waals surface area contributed by atoms with Crippen molar-refractivity contribution in [3.63, 3.8) is 0 Å². The van der Waals surface area contributed by atoms with Crippen molar-refractivity contribution in [2.75, 3.05) is 18.5 Å². The molecule has 2 aliphatic rings. The maximum absolute atomic E-state index is 11.8. The fourth-order valence-electron chi connectivity index (χ4n) is 2.06. The van der Waals surface area contributed by atoms with Gasteiger partial charge in [0.2, 0.25) is 5.91 Å². The van der Waals surface area contributed by atoms with Crippen molar-refractivity contribution in [2.24, 2.45) is 5.92 Å². The van der Waals surface area contributed by atoms with Crippen LogP contribution in [0.15, 0.2) is 12.1 Å². The summed E-state index contributed by atoms with van der Waals surface area (Å²) in [6, 6.07) is 3.31. The summed E-state index contributed by atoms with van der Waals surface area (Å²) in [5.74, 6) is 1.08. The highest BCUT2D eigenvalue weighted by molar-refractivity contribution is 6.05. The molecule has 1 N–H and O–H groups in total. The first kappa shape index (κ1) is 12.0. The Labute approximate surface area is 110 Å². The predicted molar refractivity (Wildman–Crippen MR) is 68.8 cm³/mol. The van der Waals surface area contributed by atoms with Crippen LogP contribution in [0.3, 0.4) is 0 Å².